The van der Waals surface area contributed by atoms with E-state index in [-0.39, 0.29) is 0 Å². The molecule has 0 aromatic carbocycles. The summed E-state index contributed by atoms with van der Waals surface area (Å²) in [5.74, 6) is 8.12. The van der Waals surface area contributed by atoms with E-state index in [2.05, 4.69) is 36.5 Å². The summed E-state index contributed by atoms with van der Waals surface area (Å²) in [6.45, 7) is 7.59. The Labute approximate surface area is 91.3 Å². The highest BCUT2D eigenvalue weighted by atomic mass is 15.3. The van der Waals surface area contributed by atoms with Crippen LogP contribution < -0.4 is 16.6 Å². The van der Waals surface area contributed by atoms with Crippen molar-refractivity contribution in [3.63, 3.8) is 0 Å². The molecule has 84 valence electrons. The molecule has 0 aliphatic rings. The van der Waals surface area contributed by atoms with Gasteiger partial charge in [-0.1, -0.05) is 26.8 Å². The Bertz CT molecular complexity index is 298. The lowest BCUT2D eigenvalue weighted by atomic mass is 9.98. The number of nitrogens with two attached hydrogens (primary N) is 1. The Morgan fingerprint density at radius 2 is 1.93 bits per heavy atom. The summed E-state index contributed by atoms with van der Waals surface area (Å²) in [5.41, 5.74) is 2.53. The molecule has 1 aromatic heterocycles. The first-order chi connectivity index (χ1) is 7.13. The molecule has 0 saturated heterocycles. The van der Waals surface area contributed by atoms with E-state index in [1.807, 2.05) is 18.2 Å². The van der Waals surface area contributed by atoms with E-state index in [0.29, 0.717) is 17.7 Å². The molecule has 0 fully saturated rings. The van der Waals surface area contributed by atoms with Gasteiger partial charge in [-0.3, -0.25) is 0 Å². The average Bonchev–Trinajstić information content (AvgIpc) is 2.26. The summed E-state index contributed by atoms with van der Waals surface area (Å²) in [4.78, 5) is 4.28. The maximum atomic E-state index is 5.28. The van der Waals surface area contributed by atoms with Crippen molar-refractivity contribution in [3.05, 3.63) is 18.2 Å². The Balaban J connectivity index is 2.50. The van der Waals surface area contributed by atoms with Crippen LogP contribution in [0.1, 0.15) is 20.8 Å². The lowest BCUT2D eigenvalue weighted by molar-refractivity contribution is 0.439. The van der Waals surface area contributed by atoms with Gasteiger partial charge in [0, 0.05) is 6.54 Å². The SMILES string of the molecule is CC(C)C(C)CNc1cccc(NN)n1. The largest absolute Gasteiger partial charge is 0.370 e. The molecule has 15 heavy (non-hydrogen) atoms. The van der Waals surface area contributed by atoms with Gasteiger partial charge in [0.2, 0.25) is 0 Å². The van der Waals surface area contributed by atoms with E-state index < -0.39 is 0 Å². The van der Waals surface area contributed by atoms with Gasteiger partial charge in [-0.15, -0.1) is 0 Å². The van der Waals surface area contributed by atoms with Crippen LogP contribution in [-0.2, 0) is 0 Å². The molecule has 1 heterocycles. The van der Waals surface area contributed by atoms with Crippen molar-refractivity contribution in [1.29, 1.82) is 0 Å². The van der Waals surface area contributed by atoms with Gasteiger partial charge in [-0.25, -0.2) is 10.8 Å². The molecule has 0 radical (unpaired) electrons. The van der Waals surface area contributed by atoms with Crippen molar-refractivity contribution in [2.75, 3.05) is 17.3 Å². The van der Waals surface area contributed by atoms with Crippen LogP contribution in [0, 0.1) is 11.8 Å². The molecule has 4 nitrogen and oxygen atoms in total. The number of hydrogen-bond acceptors (Lipinski definition) is 4. The Morgan fingerprint density at radius 3 is 2.53 bits per heavy atom. The van der Waals surface area contributed by atoms with Crippen molar-refractivity contribution < 1.29 is 0 Å². The third-order valence-corrected chi connectivity index (χ3v) is 2.64. The third-order valence-electron chi connectivity index (χ3n) is 2.64. The highest BCUT2D eigenvalue weighted by molar-refractivity contribution is 5.44. The number of aromatic nitrogens is 1. The lowest BCUT2D eigenvalue weighted by Gasteiger charge is -2.16. The second kappa shape index (κ2) is 5.56. The highest BCUT2D eigenvalue weighted by Crippen LogP contribution is 2.12. The van der Waals surface area contributed by atoms with Gasteiger partial charge in [0.15, 0.2) is 0 Å². The summed E-state index contributed by atoms with van der Waals surface area (Å²) in [7, 11) is 0. The van der Waals surface area contributed by atoms with Crippen LogP contribution in [0.25, 0.3) is 0 Å². The second-order valence-electron chi connectivity index (χ2n) is 4.15. The Kier molecular flexibility index (Phi) is 4.37. The van der Waals surface area contributed by atoms with Gasteiger partial charge < -0.3 is 10.7 Å². The van der Waals surface area contributed by atoms with Crippen LogP contribution in [-0.4, -0.2) is 11.5 Å². The van der Waals surface area contributed by atoms with Gasteiger partial charge >= 0.3 is 0 Å². The quantitative estimate of drug-likeness (QED) is 0.512. The topological polar surface area (TPSA) is 63.0 Å². The molecule has 0 bridgehead atoms. The lowest BCUT2D eigenvalue weighted by Crippen LogP contribution is -2.17. The number of nitrogens with one attached hydrogen (secondary N) is 2. The molecular formula is C11H20N4. The zero-order valence-electron chi connectivity index (χ0n) is 9.62. The fourth-order valence-corrected chi connectivity index (χ4v) is 1.11. The summed E-state index contributed by atoms with van der Waals surface area (Å²) in [6.07, 6.45) is 0. The standard InChI is InChI=1S/C11H20N4/c1-8(2)9(3)7-13-10-5-4-6-11(14-10)15-12/h4-6,8-9H,7,12H2,1-3H3,(H2,13,14,15). The van der Waals surface area contributed by atoms with E-state index in [0.717, 1.165) is 12.4 Å². The Hall–Kier alpha value is -1.29. The average molecular weight is 208 g/mol. The minimum Gasteiger partial charge on any atom is -0.370 e. The number of hydrazine groups is 1. The number of nitrogen functional groups attached to an aromatic ring is 1. The molecule has 4 heteroatoms. The molecule has 4 N–H and O–H groups in total. The van der Waals surface area contributed by atoms with Crippen molar-refractivity contribution in [3.8, 4) is 0 Å². The molecule has 1 rings (SSSR count). The summed E-state index contributed by atoms with van der Waals surface area (Å²) in [5, 5.41) is 3.29. The van der Waals surface area contributed by atoms with Crippen LogP contribution in [0.3, 0.4) is 0 Å². The van der Waals surface area contributed by atoms with Crippen molar-refractivity contribution in [1.82, 2.24) is 4.98 Å². The van der Waals surface area contributed by atoms with E-state index in [4.69, 9.17) is 5.84 Å². The number of nitrogens with zero attached hydrogens (tertiary/aromatic N) is 1. The molecule has 0 amide bonds. The molecule has 0 saturated carbocycles. The number of rotatable bonds is 5. The van der Waals surface area contributed by atoms with Gasteiger partial charge in [-0.2, -0.15) is 0 Å². The third kappa shape index (κ3) is 3.75. The van der Waals surface area contributed by atoms with Crippen LogP contribution in [0.2, 0.25) is 0 Å². The second-order valence-corrected chi connectivity index (χ2v) is 4.15. The highest BCUT2D eigenvalue weighted by Gasteiger charge is 2.06. The Morgan fingerprint density at radius 1 is 1.27 bits per heavy atom. The van der Waals surface area contributed by atoms with Crippen molar-refractivity contribution in [2.24, 2.45) is 17.7 Å². The van der Waals surface area contributed by atoms with Gasteiger partial charge in [0.25, 0.3) is 0 Å². The van der Waals surface area contributed by atoms with Gasteiger partial charge in [0.1, 0.15) is 11.6 Å². The van der Waals surface area contributed by atoms with Gasteiger partial charge in [-0.05, 0) is 24.0 Å². The van der Waals surface area contributed by atoms with E-state index in [1.165, 1.54) is 0 Å². The summed E-state index contributed by atoms with van der Waals surface area (Å²) in [6, 6.07) is 5.69. The molecule has 0 aliphatic carbocycles. The molecular weight excluding hydrogens is 188 g/mol. The predicted octanol–water partition coefficient (Wildman–Crippen LogP) is 2.07. The monoisotopic (exact) mass is 208 g/mol. The first-order valence-electron chi connectivity index (χ1n) is 5.31. The first-order valence-corrected chi connectivity index (χ1v) is 5.31. The van der Waals surface area contributed by atoms with E-state index in [9.17, 15) is 0 Å². The van der Waals surface area contributed by atoms with Crippen LogP contribution >= 0.6 is 0 Å². The minimum atomic E-state index is 0.626. The van der Waals surface area contributed by atoms with Crippen molar-refractivity contribution in [2.45, 2.75) is 20.8 Å². The van der Waals surface area contributed by atoms with Crippen LogP contribution in [0.15, 0.2) is 18.2 Å². The minimum absolute atomic E-state index is 0.626. The fourth-order valence-electron chi connectivity index (χ4n) is 1.11. The number of hydrogen-bond donors (Lipinski definition) is 3. The number of anilines is 2. The number of pyridine rings is 1. The molecule has 1 atom stereocenters. The molecule has 1 aromatic rings. The van der Waals surface area contributed by atoms with E-state index >= 15 is 0 Å². The van der Waals surface area contributed by atoms with E-state index in [1.54, 1.807) is 0 Å². The van der Waals surface area contributed by atoms with Crippen molar-refractivity contribution >= 4 is 11.6 Å². The van der Waals surface area contributed by atoms with Gasteiger partial charge in [0.05, 0.1) is 0 Å². The maximum absolute atomic E-state index is 5.28. The molecule has 0 spiro atoms. The van der Waals surface area contributed by atoms with Crippen LogP contribution in [0.5, 0.6) is 0 Å². The maximum Gasteiger partial charge on any atom is 0.142 e. The summed E-state index contributed by atoms with van der Waals surface area (Å²) < 4.78 is 0. The summed E-state index contributed by atoms with van der Waals surface area (Å²) >= 11 is 0. The van der Waals surface area contributed by atoms with Crippen LogP contribution in [0.4, 0.5) is 11.6 Å². The zero-order chi connectivity index (χ0) is 11.3. The molecule has 0 aliphatic heterocycles. The zero-order valence-corrected chi connectivity index (χ0v) is 9.62. The molecule has 1 unspecified atom stereocenters. The first kappa shape index (κ1) is 11.8. The normalized spacial score (nSPS) is 12.6. The predicted molar refractivity (Wildman–Crippen MR) is 64.5 cm³/mol. The fraction of sp³-hybridized carbons (Fsp3) is 0.545. The smallest absolute Gasteiger partial charge is 0.142 e.